The lowest BCUT2D eigenvalue weighted by atomic mass is 10.00. The Kier molecular flexibility index (Phi) is 3.75. The van der Waals surface area contributed by atoms with Crippen molar-refractivity contribution in [1.82, 2.24) is 9.88 Å². The third kappa shape index (κ3) is 2.69. The molecule has 21 heavy (non-hydrogen) atoms. The smallest absolute Gasteiger partial charge is 0.234 e. The normalized spacial score (nSPS) is 19.7. The average molecular weight is 284 g/mol. The number of primary amides is 1. The van der Waals surface area contributed by atoms with Crippen LogP contribution in [0, 0.1) is 0 Å². The van der Waals surface area contributed by atoms with Gasteiger partial charge in [0.15, 0.2) is 0 Å². The van der Waals surface area contributed by atoms with E-state index in [-0.39, 0.29) is 11.9 Å². The number of hydrogen-bond acceptors (Lipinski definition) is 4. The monoisotopic (exact) mass is 284 g/mol. The average Bonchev–Trinajstić information content (AvgIpc) is 2.51. The van der Waals surface area contributed by atoms with Crippen LogP contribution in [0.2, 0.25) is 0 Å². The highest BCUT2D eigenvalue weighted by Crippen LogP contribution is 2.26. The van der Waals surface area contributed by atoms with Crippen LogP contribution in [-0.2, 0) is 11.3 Å². The molecule has 110 valence electrons. The third-order valence-electron chi connectivity index (χ3n) is 4.20. The summed E-state index contributed by atoms with van der Waals surface area (Å²) in [5.41, 5.74) is 14.3. The molecule has 3 rings (SSSR count). The molecule has 0 aliphatic carbocycles. The molecule has 0 bridgehead atoms. The number of likely N-dealkylation sites (tertiary alicyclic amines) is 1. The van der Waals surface area contributed by atoms with Crippen LogP contribution in [0.5, 0.6) is 0 Å². The van der Waals surface area contributed by atoms with Gasteiger partial charge in [-0.25, -0.2) is 0 Å². The SMILES string of the molecule is NC(=O)C1CCCCN1Cc1ccc(N)c2cccnc12. The van der Waals surface area contributed by atoms with Crippen molar-refractivity contribution in [2.45, 2.75) is 31.8 Å². The highest BCUT2D eigenvalue weighted by molar-refractivity contribution is 5.92. The first kappa shape index (κ1) is 13.8. The fraction of sp³-hybridized carbons (Fsp3) is 0.375. The molecule has 5 heteroatoms. The Bertz CT molecular complexity index is 670. The zero-order valence-electron chi connectivity index (χ0n) is 12.0. The van der Waals surface area contributed by atoms with Crippen molar-refractivity contribution >= 4 is 22.5 Å². The van der Waals surface area contributed by atoms with E-state index in [1.807, 2.05) is 24.3 Å². The van der Waals surface area contributed by atoms with Gasteiger partial charge in [-0.3, -0.25) is 14.7 Å². The summed E-state index contributed by atoms with van der Waals surface area (Å²) in [5, 5.41) is 0.961. The van der Waals surface area contributed by atoms with E-state index in [2.05, 4.69) is 9.88 Å². The summed E-state index contributed by atoms with van der Waals surface area (Å²) in [6, 6.07) is 7.59. The van der Waals surface area contributed by atoms with Gasteiger partial charge in [-0.1, -0.05) is 12.5 Å². The molecule has 1 aromatic heterocycles. The summed E-state index contributed by atoms with van der Waals surface area (Å²) in [4.78, 5) is 18.2. The maximum Gasteiger partial charge on any atom is 0.234 e. The number of carbonyl (C=O) groups is 1. The van der Waals surface area contributed by atoms with Crippen molar-refractivity contribution in [3.8, 4) is 0 Å². The summed E-state index contributed by atoms with van der Waals surface area (Å²) in [6.45, 7) is 1.58. The molecule has 1 aromatic carbocycles. The van der Waals surface area contributed by atoms with E-state index in [4.69, 9.17) is 11.5 Å². The van der Waals surface area contributed by atoms with Crippen LogP contribution in [0.1, 0.15) is 24.8 Å². The minimum atomic E-state index is -0.234. The molecule has 1 fully saturated rings. The fourth-order valence-corrected chi connectivity index (χ4v) is 3.10. The largest absolute Gasteiger partial charge is 0.398 e. The molecule has 1 amide bonds. The first-order valence-corrected chi connectivity index (χ1v) is 7.32. The van der Waals surface area contributed by atoms with Crippen LogP contribution < -0.4 is 11.5 Å². The van der Waals surface area contributed by atoms with Gasteiger partial charge in [0.2, 0.25) is 5.91 Å². The maximum absolute atomic E-state index is 11.6. The second-order valence-corrected chi connectivity index (χ2v) is 5.60. The Labute approximate surface area is 123 Å². The Hall–Kier alpha value is -2.14. The van der Waals surface area contributed by atoms with Crippen molar-refractivity contribution < 1.29 is 4.79 Å². The molecule has 5 nitrogen and oxygen atoms in total. The number of nitrogen functional groups attached to an aromatic ring is 1. The molecule has 1 unspecified atom stereocenters. The molecule has 1 aliphatic rings. The number of anilines is 1. The number of nitrogens with two attached hydrogens (primary N) is 2. The van der Waals surface area contributed by atoms with Crippen molar-refractivity contribution in [3.05, 3.63) is 36.0 Å². The zero-order valence-corrected chi connectivity index (χ0v) is 12.0. The summed E-state index contributed by atoms with van der Waals surface area (Å²) < 4.78 is 0. The van der Waals surface area contributed by atoms with Gasteiger partial charge in [-0.15, -0.1) is 0 Å². The summed E-state index contributed by atoms with van der Waals surface area (Å²) in [5.74, 6) is -0.234. The molecule has 0 saturated carbocycles. The molecular formula is C16H20N4O. The number of pyridine rings is 1. The highest BCUT2D eigenvalue weighted by Gasteiger charge is 2.27. The van der Waals surface area contributed by atoms with E-state index in [9.17, 15) is 4.79 Å². The van der Waals surface area contributed by atoms with Gasteiger partial charge >= 0.3 is 0 Å². The summed E-state index contributed by atoms with van der Waals surface area (Å²) in [7, 11) is 0. The van der Waals surface area contributed by atoms with E-state index in [1.54, 1.807) is 6.20 Å². The topological polar surface area (TPSA) is 85.2 Å². The van der Waals surface area contributed by atoms with E-state index in [0.29, 0.717) is 6.54 Å². The van der Waals surface area contributed by atoms with Crippen molar-refractivity contribution in [1.29, 1.82) is 0 Å². The lowest BCUT2D eigenvalue weighted by molar-refractivity contribution is -0.124. The van der Waals surface area contributed by atoms with Crippen molar-refractivity contribution in [3.63, 3.8) is 0 Å². The van der Waals surface area contributed by atoms with E-state index >= 15 is 0 Å². The standard InChI is InChI=1S/C16H20N4O/c17-13-7-6-11(15-12(13)4-3-8-19-15)10-20-9-2-1-5-14(20)16(18)21/h3-4,6-8,14H,1-2,5,9-10,17H2,(H2,18,21). The van der Waals surface area contributed by atoms with Crippen LogP contribution in [0.3, 0.4) is 0 Å². The summed E-state index contributed by atoms with van der Waals surface area (Å²) in [6.07, 6.45) is 4.78. The van der Waals surface area contributed by atoms with E-state index in [0.717, 1.165) is 48.0 Å². The maximum atomic E-state index is 11.6. The summed E-state index contributed by atoms with van der Waals surface area (Å²) >= 11 is 0. The van der Waals surface area contributed by atoms with Crippen molar-refractivity contribution in [2.24, 2.45) is 5.73 Å². The van der Waals surface area contributed by atoms with Gasteiger partial charge in [0.05, 0.1) is 11.6 Å². The first-order chi connectivity index (χ1) is 10.2. The van der Waals surface area contributed by atoms with Crippen LogP contribution in [0.25, 0.3) is 10.9 Å². The zero-order chi connectivity index (χ0) is 14.8. The Balaban J connectivity index is 1.94. The van der Waals surface area contributed by atoms with Crippen molar-refractivity contribution in [2.75, 3.05) is 12.3 Å². The first-order valence-electron chi connectivity index (χ1n) is 7.32. The van der Waals surface area contributed by atoms with Gasteiger partial charge in [0.1, 0.15) is 0 Å². The molecule has 0 spiro atoms. The minimum absolute atomic E-state index is 0.171. The minimum Gasteiger partial charge on any atom is -0.398 e. The number of benzene rings is 1. The Morgan fingerprint density at radius 2 is 2.19 bits per heavy atom. The molecule has 2 heterocycles. The highest BCUT2D eigenvalue weighted by atomic mass is 16.1. The number of rotatable bonds is 3. The number of nitrogens with zero attached hydrogens (tertiary/aromatic N) is 2. The lowest BCUT2D eigenvalue weighted by Crippen LogP contribution is -2.47. The molecule has 1 aliphatic heterocycles. The Morgan fingerprint density at radius 1 is 1.33 bits per heavy atom. The van der Waals surface area contributed by atoms with E-state index in [1.165, 1.54) is 0 Å². The van der Waals surface area contributed by atoms with Gasteiger partial charge < -0.3 is 11.5 Å². The number of aromatic nitrogens is 1. The molecular weight excluding hydrogens is 264 g/mol. The second-order valence-electron chi connectivity index (χ2n) is 5.60. The molecule has 0 radical (unpaired) electrons. The van der Waals surface area contributed by atoms with Crippen LogP contribution >= 0.6 is 0 Å². The number of fused-ring (bicyclic) bond motifs is 1. The molecule has 1 atom stereocenters. The third-order valence-corrected chi connectivity index (χ3v) is 4.20. The van der Waals surface area contributed by atoms with Crippen LogP contribution in [0.15, 0.2) is 30.5 Å². The predicted octanol–water partition coefficient (Wildman–Crippen LogP) is 1.66. The fourth-order valence-electron chi connectivity index (χ4n) is 3.10. The molecule has 4 N–H and O–H groups in total. The predicted molar refractivity (Wildman–Crippen MR) is 83.4 cm³/mol. The Morgan fingerprint density at radius 3 is 3.00 bits per heavy atom. The lowest BCUT2D eigenvalue weighted by Gasteiger charge is -2.33. The number of piperidine rings is 1. The quantitative estimate of drug-likeness (QED) is 0.839. The van der Waals surface area contributed by atoms with Gasteiger partial charge in [-0.05, 0) is 43.1 Å². The van der Waals surface area contributed by atoms with Crippen LogP contribution in [0.4, 0.5) is 5.69 Å². The van der Waals surface area contributed by atoms with E-state index < -0.39 is 0 Å². The van der Waals surface area contributed by atoms with Crippen LogP contribution in [-0.4, -0.2) is 28.4 Å². The molecule has 1 saturated heterocycles. The number of carbonyl (C=O) groups excluding carboxylic acids is 1. The van der Waals surface area contributed by atoms with Gasteiger partial charge in [0.25, 0.3) is 0 Å². The van der Waals surface area contributed by atoms with Gasteiger partial charge in [-0.2, -0.15) is 0 Å². The number of hydrogen-bond donors (Lipinski definition) is 2. The molecule has 2 aromatic rings. The van der Waals surface area contributed by atoms with Gasteiger partial charge in [0, 0.05) is 23.8 Å². The number of amides is 1. The second kappa shape index (κ2) is 5.69.